The molecule has 3 aromatic rings. The number of fused-ring (bicyclic) bond motifs is 1. The van der Waals surface area contributed by atoms with Gasteiger partial charge in [0.15, 0.2) is 0 Å². The minimum absolute atomic E-state index is 0.380. The van der Waals surface area contributed by atoms with E-state index >= 15 is 0 Å². The minimum Gasteiger partial charge on any atom is -0.444 e. The van der Waals surface area contributed by atoms with E-state index in [0.29, 0.717) is 22.5 Å². The third-order valence-electron chi connectivity index (χ3n) is 3.76. The number of hydrogen-bond acceptors (Lipinski definition) is 6. The van der Waals surface area contributed by atoms with E-state index in [0.717, 1.165) is 4.68 Å². The number of tetrazole rings is 1. The summed E-state index contributed by atoms with van der Waals surface area (Å²) in [6.07, 6.45) is -1.01. The predicted octanol–water partition coefficient (Wildman–Crippen LogP) is 0.806. The minimum atomic E-state index is -1.01. The number of nitrogens with zero attached hydrogens (tertiary/aromatic N) is 3. The van der Waals surface area contributed by atoms with E-state index in [1.165, 1.54) is 0 Å². The van der Waals surface area contributed by atoms with Crippen molar-refractivity contribution < 1.29 is 14.3 Å². The molecule has 1 aliphatic rings. The predicted molar refractivity (Wildman–Crippen MR) is 85.2 cm³/mol. The van der Waals surface area contributed by atoms with Crippen molar-refractivity contribution in [2.75, 3.05) is 5.32 Å². The van der Waals surface area contributed by atoms with E-state index in [4.69, 9.17) is 4.74 Å². The Hall–Kier alpha value is -3.75. The van der Waals surface area contributed by atoms with Gasteiger partial charge in [0.2, 0.25) is 6.10 Å². The summed E-state index contributed by atoms with van der Waals surface area (Å²) in [7, 11) is 0. The maximum absolute atomic E-state index is 12.5. The maximum Gasteiger partial charge on any atom is 0.365 e. The number of carbonyl (C=O) groups excluding carboxylic acids is 2. The van der Waals surface area contributed by atoms with Gasteiger partial charge in [-0.1, -0.05) is 24.3 Å². The molecule has 9 nitrogen and oxygen atoms in total. The highest BCUT2D eigenvalue weighted by Crippen LogP contribution is 2.31. The Balaban J connectivity index is 1.59. The van der Waals surface area contributed by atoms with Crippen LogP contribution in [0.2, 0.25) is 0 Å². The molecule has 0 saturated carbocycles. The van der Waals surface area contributed by atoms with Crippen LogP contribution >= 0.6 is 0 Å². The van der Waals surface area contributed by atoms with Gasteiger partial charge in [-0.15, -0.1) is 0 Å². The molecule has 0 bridgehead atoms. The largest absolute Gasteiger partial charge is 0.444 e. The zero-order valence-corrected chi connectivity index (χ0v) is 12.7. The van der Waals surface area contributed by atoms with Crippen LogP contribution in [-0.4, -0.2) is 32.1 Å². The van der Waals surface area contributed by atoms with E-state index < -0.39 is 23.7 Å². The van der Waals surface area contributed by atoms with Crippen molar-refractivity contribution in [3.05, 3.63) is 70.1 Å². The smallest absolute Gasteiger partial charge is 0.365 e. The van der Waals surface area contributed by atoms with E-state index in [9.17, 15) is 14.4 Å². The molecule has 2 heterocycles. The zero-order chi connectivity index (χ0) is 17.4. The highest BCUT2D eigenvalue weighted by Gasteiger charge is 2.35. The number of benzene rings is 2. The van der Waals surface area contributed by atoms with Crippen molar-refractivity contribution in [2.24, 2.45) is 0 Å². The van der Waals surface area contributed by atoms with Gasteiger partial charge in [-0.25, -0.2) is 14.7 Å². The maximum atomic E-state index is 12.5. The third-order valence-corrected chi connectivity index (χ3v) is 3.76. The van der Waals surface area contributed by atoms with Crippen LogP contribution in [0.15, 0.2) is 53.3 Å². The first-order valence-electron chi connectivity index (χ1n) is 7.35. The lowest BCUT2D eigenvalue weighted by Gasteiger charge is -2.12. The number of cyclic esters (lactones) is 1. The zero-order valence-electron chi connectivity index (χ0n) is 12.7. The number of H-pyrrole nitrogens is 1. The second-order valence-corrected chi connectivity index (χ2v) is 5.33. The molecule has 2 N–H and O–H groups in total. The number of nitrogens with one attached hydrogen (secondary N) is 2. The first-order valence-corrected chi connectivity index (χ1v) is 7.35. The van der Waals surface area contributed by atoms with E-state index in [2.05, 4.69) is 20.8 Å². The van der Waals surface area contributed by atoms with Gasteiger partial charge in [0.25, 0.3) is 5.91 Å². The molecule has 0 spiro atoms. The Morgan fingerprint density at radius 1 is 1.16 bits per heavy atom. The summed E-state index contributed by atoms with van der Waals surface area (Å²) in [5.41, 5.74) is 1.26. The molecule has 1 atom stereocenters. The van der Waals surface area contributed by atoms with Crippen molar-refractivity contribution in [1.82, 2.24) is 20.2 Å². The second-order valence-electron chi connectivity index (χ2n) is 5.33. The van der Waals surface area contributed by atoms with Gasteiger partial charge in [0, 0.05) is 11.3 Å². The molecular weight excluding hydrogens is 326 g/mol. The number of anilines is 1. The number of ether oxygens (including phenoxy) is 1. The lowest BCUT2D eigenvalue weighted by molar-refractivity contribution is -0.124. The van der Waals surface area contributed by atoms with Crippen LogP contribution in [0.4, 0.5) is 5.69 Å². The summed E-state index contributed by atoms with van der Waals surface area (Å²) >= 11 is 0. The van der Waals surface area contributed by atoms with Crippen LogP contribution in [0.25, 0.3) is 5.69 Å². The topological polar surface area (TPSA) is 119 Å². The fourth-order valence-corrected chi connectivity index (χ4v) is 2.63. The van der Waals surface area contributed by atoms with Crippen molar-refractivity contribution in [2.45, 2.75) is 6.10 Å². The highest BCUT2D eigenvalue weighted by atomic mass is 16.6. The molecule has 9 heteroatoms. The molecule has 1 aliphatic heterocycles. The molecule has 0 fully saturated rings. The highest BCUT2D eigenvalue weighted by molar-refractivity contribution is 6.03. The molecule has 124 valence electrons. The van der Waals surface area contributed by atoms with Gasteiger partial charge in [-0.05, 0) is 34.7 Å². The molecule has 4 rings (SSSR count). The van der Waals surface area contributed by atoms with Crippen molar-refractivity contribution in [3.63, 3.8) is 0 Å². The second kappa shape index (κ2) is 5.71. The number of carbonyl (C=O) groups is 2. The molecule has 0 radical (unpaired) electrons. The molecule has 25 heavy (non-hydrogen) atoms. The summed E-state index contributed by atoms with van der Waals surface area (Å²) in [6, 6.07) is 13.2. The van der Waals surface area contributed by atoms with E-state index in [1.807, 2.05) is 0 Å². The number of aromatic nitrogens is 4. The molecule has 1 aromatic heterocycles. The van der Waals surface area contributed by atoms with Gasteiger partial charge in [0.05, 0.1) is 11.3 Å². The first kappa shape index (κ1) is 14.8. The SMILES string of the molecule is O=C1OC(C(=O)Nc2cccc(-n3nn[nH]c3=O)c2)c2ccccc21. The number of aromatic amines is 1. The Labute approximate surface area is 140 Å². The molecule has 1 amide bonds. The van der Waals surface area contributed by atoms with E-state index in [1.54, 1.807) is 48.5 Å². The van der Waals surface area contributed by atoms with Crippen molar-refractivity contribution in [1.29, 1.82) is 0 Å². The summed E-state index contributed by atoms with van der Waals surface area (Å²) in [4.78, 5) is 35.9. The molecular formula is C16H11N5O4. The van der Waals surface area contributed by atoms with E-state index in [-0.39, 0.29) is 0 Å². The normalized spacial score (nSPS) is 15.5. The summed E-state index contributed by atoms with van der Waals surface area (Å²) in [5, 5.41) is 11.9. The van der Waals surface area contributed by atoms with Gasteiger partial charge < -0.3 is 10.1 Å². The fourth-order valence-electron chi connectivity index (χ4n) is 2.63. The Bertz CT molecular complexity index is 1040. The van der Waals surface area contributed by atoms with Crippen molar-refractivity contribution >= 4 is 17.6 Å². The average molecular weight is 337 g/mol. The van der Waals surface area contributed by atoms with Gasteiger partial charge in [0.1, 0.15) is 0 Å². The van der Waals surface area contributed by atoms with Crippen LogP contribution in [0.3, 0.4) is 0 Å². The van der Waals surface area contributed by atoms with Crippen LogP contribution in [0.5, 0.6) is 0 Å². The first-order chi connectivity index (χ1) is 12.1. The van der Waals surface area contributed by atoms with Crippen LogP contribution in [0, 0.1) is 0 Å². The van der Waals surface area contributed by atoms with Crippen molar-refractivity contribution in [3.8, 4) is 5.69 Å². The summed E-state index contributed by atoms with van der Waals surface area (Å²) in [6.45, 7) is 0. The molecule has 0 aliphatic carbocycles. The van der Waals surface area contributed by atoms with Gasteiger partial charge in [-0.2, -0.15) is 4.68 Å². The Morgan fingerprint density at radius 2 is 2.00 bits per heavy atom. The number of rotatable bonds is 3. The monoisotopic (exact) mass is 337 g/mol. The number of hydrogen-bond donors (Lipinski definition) is 2. The summed E-state index contributed by atoms with van der Waals surface area (Å²) < 4.78 is 6.21. The Kier molecular flexibility index (Phi) is 3.38. The molecule has 0 saturated heterocycles. The standard InChI is InChI=1S/C16H11N5O4/c22-14(13-11-6-1-2-7-12(11)15(23)25-13)17-9-4-3-5-10(8-9)21-16(24)18-19-20-21/h1-8,13H,(H,17,22)(H,18,20,24). The quantitative estimate of drug-likeness (QED) is 0.683. The summed E-state index contributed by atoms with van der Waals surface area (Å²) in [5.74, 6) is -1.01. The number of esters is 1. The molecule has 1 unspecified atom stereocenters. The van der Waals surface area contributed by atoms with Gasteiger partial charge >= 0.3 is 11.7 Å². The average Bonchev–Trinajstić information content (AvgIpc) is 3.19. The fraction of sp³-hybridized carbons (Fsp3) is 0.0625. The lowest BCUT2D eigenvalue weighted by Crippen LogP contribution is -2.21. The third kappa shape index (κ3) is 2.57. The van der Waals surface area contributed by atoms with Crippen LogP contribution in [0.1, 0.15) is 22.0 Å². The van der Waals surface area contributed by atoms with Crippen LogP contribution in [-0.2, 0) is 9.53 Å². The van der Waals surface area contributed by atoms with Crippen LogP contribution < -0.4 is 11.0 Å². The molecule has 2 aromatic carbocycles. The van der Waals surface area contributed by atoms with Gasteiger partial charge in [-0.3, -0.25) is 4.79 Å². The number of amides is 1. The lowest BCUT2D eigenvalue weighted by atomic mass is 10.0. The Morgan fingerprint density at radius 3 is 2.80 bits per heavy atom.